The number of nitrogens with one attached hydrogen (secondary N) is 1. The molecule has 0 spiro atoms. The van der Waals surface area contributed by atoms with Crippen molar-refractivity contribution in [1.29, 1.82) is 0 Å². The average molecular weight is 282 g/mol. The molecule has 0 saturated carbocycles. The number of amides is 2. The maximum Gasteiger partial charge on any atom is 0.273 e. The Morgan fingerprint density at radius 2 is 2.21 bits per heavy atom. The fraction of sp³-hybridized carbons (Fsp3) is 0.250. The van der Waals surface area contributed by atoms with Crippen LogP contribution in [-0.2, 0) is 9.59 Å². The molecule has 2 rings (SSSR count). The molecule has 0 aromatic heterocycles. The van der Waals surface area contributed by atoms with Crippen LogP contribution in [0.15, 0.2) is 29.3 Å². The molecular formula is C12H12ClN3O3. The second-order valence-electron chi connectivity index (χ2n) is 3.92. The highest BCUT2D eigenvalue weighted by atomic mass is 35.5. The zero-order valence-electron chi connectivity index (χ0n) is 9.93. The molecule has 1 unspecified atom stereocenters. The maximum atomic E-state index is 11.3. The Morgan fingerprint density at radius 1 is 1.42 bits per heavy atom. The van der Waals surface area contributed by atoms with Crippen LogP contribution in [0.5, 0.6) is 5.75 Å². The third-order valence-electron chi connectivity index (χ3n) is 2.46. The fourth-order valence-corrected chi connectivity index (χ4v) is 1.68. The van der Waals surface area contributed by atoms with Crippen molar-refractivity contribution in [3.63, 3.8) is 0 Å². The molecule has 0 fully saturated rings. The third kappa shape index (κ3) is 3.52. The molecule has 0 aliphatic carbocycles. The molecule has 19 heavy (non-hydrogen) atoms. The minimum absolute atomic E-state index is 0.263. The first kappa shape index (κ1) is 13.5. The lowest BCUT2D eigenvalue weighted by Crippen LogP contribution is -2.52. The Hall–Kier alpha value is -1.92. The molecule has 7 heteroatoms. The van der Waals surface area contributed by atoms with Crippen molar-refractivity contribution in [3.05, 3.63) is 29.3 Å². The average Bonchev–Trinajstić information content (AvgIpc) is 2.36. The molecule has 3 N–H and O–H groups in total. The van der Waals surface area contributed by atoms with Gasteiger partial charge in [-0.15, -0.1) is 0 Å². The number of hydrogen-bond donors (Lipinski definition) is 2. The van der Waals surface area contributed by atoms with Crippen LogP contribution in [0, 0.1) is 0 Å². The van der Waals surface area contributed by atoms with Crippen molar-refractivity contribution >= 4 is 29.3 Å². The van der Waals surface area contributed by atoms with E-state index in [2.05, 4.69) is 10.3 Å². The van der Waals surface area contributed by atoms with Crippen LogP contribution in [0.4, 0.5) is 0 Å². The van der Waals surface area contributed by atoms with E-state index in [1.54, 1.807) is 24.3 Å². The van der Waals surface area contributed by atoms with Crippen LogP contribution in [-0.4, -0.2) is 30.3 Å². The molecule has 6 nitrogen and oxygen atoms in total. The molecule has 1 aromatic carbocycles. The van der Waals surface area contributed by atoms with E-state index in [9.17, 15) is 9.59 Å². The summed E-state index contributed by atoms with van der Waals surface area (Å²) in [6.07, 6.45) is 0.302. The molecule has 1 heterocycles. The summed E-state index contributed by atoms with van der Waals surface area (Å²) in [5.41, 5.74) is 5.31. The lowest BCUT2D eigenvalue weighted by molar-refractivity contribution is -0.129. The summed E-state index contributed by atoms with van der Waals surface area (Å²) in [5, 5.41) is 3.02. The molecule has 1 atom stereocenters. The number of carbonyl (C=O) groups excluding carboxylic acids is 2. The topological polar surface area (TPSA) is 93.8 Å². The standard InChI is InChI=1S/C12H12ClN3O3/c13-7-2-1-3-8(6-7)19-5-4-9-15-11(17)10(14)12(18)16-9/h1-3,6,10H,4-5,14H2,(H,15,16,17,18). The first-order chi connectivity index (χ1) is 9.06. The molecule has 0 bridgehead atoms. The van der Waals surface area contributed by atoms with Gasteiger partial charge in [-0.1, -0.05) is 17.7 Å². The van der Waals surface area contributed by atoms with E-state index in [1.807, 2.05) is 0 Å². The summed E-state index contributed by atoms with van der Waals surface area (Å²) in [7, 11) is 0. The third-order valence-corrected chi connectivity index (χ3v) is 2.70. The van der Waals surface area contributed by atoms with Crippen molar-refractivity contribution in [3.8, 4) is 5.75 Å². The minimum Gasteiger partial charge on any atom is -0.493 e. The zero-order valence-corrected chi connectivity index (χ0v) is 10.7. The van der Waals surface area contributed by atoms with Crippen molar-refractivity contribution in [2.24, 2.45) is 10.7 Å². The van der Waals surface area contributed by atoms with Crippen molar-refractivity contribution in [2.45, 2.75) is 12.5 Å². The van der Waals surface area contributed by atoms with E-state index in [-0.39, 0.29) is 12.4 Å². The summed E-state index contributed by atoms with van der Waals surface area (Å²) in [6.45, 7) is 0.266. The number of halogens is 1. The second-order valence-corrected chi connectivity index (χ2v) is 4.36. The van der Waals surface area contributed by atoms with E-state index in [4.69, 9.17) is 22.1 Å². The molecule has 0 radical (unpaired) electrons. The van der Waals surface area contributed by atoms with Crippen LogP contribution in [0.25, 0.3) is 0 Å². The van der Waals surface area contributed by atoms with Crippen LogP contribution < -0.4 is 15.8 Å². The summed E-state index contributed by atoms with van der Waals surface area (Å²) in [6, 6.07) is 5.72. The van der Waals surface area contributed by atoms with Gasteiger partial charge in [-0.25, -0.2) is 0 Å². The first-order valence-corrected chi connectivity index (χ1v) is 6.00. The molecule has 0 saturated heterocycles. The summed E-state index contributed by atoms with van der Waals surface area (Å²) >= 11 is 5.81. The summed E-state index contributed by atoms with van der Waals surface area (Å²) in [4.78, 5) is 26.2. The Kier molecular flexibility index (Phi) is 4.13. The van der Waals surface area contributed by atoms with Gasteiger partial charge < -0.3 is 15.8 Å². The lowest BCUT2D eigenvalue weighted by atomic mass is 10.2. The number of rotatable bonds is 4. The number of aliphatic imine (C=N–C) groups is 1. The molecule has 1 aliphatic heterocycles. The molecule has 100 valence electrons. The fourth-order valence-electron chi connectivity index (χ4n) is 1.50. The van der Waals surface area contributed by atoms with Crippen LogP contribution in [0.2, 0.25) is 5.02 Å². The van der Waals surface area contributed by atoms with Crippen LogP contribution in [0.1, 0.15) is 6.42 Å². The zero-order chi connectivity index (χ0) is 13.8. The number of benzene rings is 1. The van der Waals surface area contributed by atoms with E-state index >= 15 is 0 Å². The van der Waals surface area contributed by atoms with Gasteiger partial charge in [-0.2, -0.15) is 4.99 Å². The lowest BCUT2D eigenvalue weighted by Gasteiger charge is -2.17. The summed E-state index contributed by atoms with van der Waals surface area (Å²) < 4.78 is 5.43. The van der Waals surface area contributed by atoms with Crippen molar-refractivity contribution < 1.29 is 14.3 Å². The van der Waals surface area contributed by atoms with Crippen molar-refractivity contribution in [1.82, 2.24) is 5.32 Å². The van der Waals surface area contributed by atoms with Gasteiger partial charge in [0, 0.05) is 11.4 Å². The van der Waals surface area contributed by atoms with Gasteiger partial charge in [0.2, 0.25) is 0 Å². The van der Waals surface area contributed by atoms with Gasteiger partial charge in [-0.05, 0) is 18.2 Å². The largest absolute Gasteiger partial charge is 0.493 e. The number of nitrogens with two attached hydrogens (primary N) is 1. The van der Waals surface area contributed by atoms with Gasteiger partial charge in [0.25, 0.3) is 11.8 Å². The quantitative estimate of drug-likeness (QED) is 0.786. The molecule has 1 aliphatic rings. The molecule has 2 amide bonds. The van der Waals surface area contributed by atoms with Crippen LogP contribution in [0.3, 0.4) is 0 Å². The Labute approximate surface area is 114 Å². The van der Waals surface area contributed by atoms with E-state index < -0.39 is 17.9 Å². The smallest absolute Gasteiger partial charge is 0.273 e. The highest BCUT2D eigenvalue weighted by Crippen LogP contribution is 2.17. The number of carbonyl (C=O) groups is 2. The van der Waals surface area contributed by atoms with E-state index in [0.717, 1.165) is 0 Å². The Bertz CT molecular complexity index is 545. The van der Waals surface area contributed by atoms with Crippen LogP contribution >= 0.6 is 11.6 Å². The first-order valence-electron chi connectivity index (χ1n) is 5.62. The van der Waals surface area contributed by atoms with Gasteiger partial charge in [0.15, 0.2) is 6.04 Å². The predicted octanol–water partition coefficient (Wildman–Crippen LogP) is 0.491. The maximum absolute atomic E-state index is 11.3. The molecule has 1 aromatic rings. The van der Waals surface area contributed by atoms with E-state index in [1.165, 1.54) is 0 Å². The van der Waals surface area contributed by atoms with Gasteiger partial charge >= 0.3 is 0 Å². The monoisotopic (exact) mass is 281 g/mol. The summed E-state index contributed by atoms with van der Waals surface area (Å²) in [5.74, 6) is -0.309. The van der Waals surface area contributed by atoms with Crippen molar-refractivity contribution in [2.75, 3.05) is 6.61 Å². The minimum atomic E-state index is -1.21. The number of hydrogen-bond acceptors (Lipinski definition) is 4. The van der Waals surface area contributed by atoms with Gasteiger partial charge in [0.05, 0.1) is 6.61 Å². The van der Waals surface area contributed by atoms with Gasteiger partial charge in [0.1, 0.15) is 11.6 Å². The highest BCUT2D eigenvalue weighted by molar-refractivity contribution is 6.30. The normalized spacial score (nSPS) is 18.8. The predicted molar refractivity (Wildman–Crippen MR) is 70.1 cm³/mol. The number of ether oxygens (including phenoxy) is 1. The second kappa shape index (κ2) is 5.81. The number of nitrogens with zero attached hydrogens (tertiary/aromatic N) is 1. The molecular weight excluding hydrogens is 270 g/mol. The van der Waals surface area contributed by atoms with Gasteiger partial charge in [-0.3, -0.25) is 9.59 Å². The number of amidine groups is 1. The SMILES string of the molecule is NC1C(=O)N=C(CCOc2cccc(Cl)c2)NC1=O. The highest BCUT2D eigenvalue weighted by Gasteiger charge is 2.27. The Morgan fingerprint density at radius 3 is 2.89 bits per heavy atom. The Balaban J connectivity index is 1.88. The van der Waals surface area contributed by atoms with E-state index in [0.29, 0.717) is 17.2 Å².